The number of carbonyl (C=O) groups excluding carboxylic acids is 1. The molecule has 33 heavy (non-hydrogen) atoms. The molecule has 3 aromatic rings. The predicted molar refractivity (Wildman–Crippen MR) is 129 cm³/mol. The number of H-pyrrole nitrogens is 1. The van der Waals surface area contributed by atoms with E-state index < -0.39 is 12.0 Å². The van der Waals surface area contributed by atoms with Crippen molar-refractivity contribution in [3.63, 3.8) is 0 Å². The number of nitrogens with one attached hydrogen (secondary N) is 1. The summed E-state index contributed by atoms with van der Waals surface area (Å²) in [6.45, 7) is 5.93. The Morgan fingerprint density at radius 2 is 1.73 bits per heavy atom. The fourth-order valence-corrected chi connectivity index (χ4v) is 3.79. The molecule has 0 radical (unpaired) electrons. The fourth-order valence-electron chi connectivity index (χ4n) is 3.79. The Morgan fingerprint density at radius 1 is 1.06 bits per heavy atom. The molecule has 1 aromatic heterocycles. The molecule has 0 spiro atoms. The normalized spacial score (nSPS) is 11.6. The van der Waals surface area contributed by atoms with Crippen LogP contribution in [0.1, 0.15) is 45.6 Å². The first kappa shape index (κ1) is 27.3. The van der Waals surface area contributed by atoms with Crippen LogP contribution in [0.3, 0.4) is 0 Å². The number of carboxylic acid groups (broad SMARTS) is 1. The van der Waals surface area contributed by atoms with E-state index in [1.54, 1.807) is 0 Å². The van der Waals surface area contributed by atoms with Gasteiger partial charge >= 0.3 is 57.4 Å². The maximum absolute atomic E-state index is 12.9. The number of hydrogen-bond acceptors (Lipinski definition) is 5. The number of nitrogens with zero attached hydrogens (tertiary/aromatic N) is 4. The molecule has 0 fully saturated rings. The molecule has 2 aromatic carbocycles. The van der Waals surface area contributed by atoms with Crippen LogP contribution in [0.4, 0.5) is 0 Å². The van der Waals surface area contributed by atoms with Gasteiger partial charge in [0.25, 0.3) is 0 Å². The van der Waals surface area contributed by atoms with Gasteiger partial charge in [-0.1, -0.05) is 75.7 Å². The summed E-state index contributed by atoms with van der Waals surface area (Å²) in [7, 11) is 0. The van der Waals surface area contributed by atoms with E-state index >= 15 is 0 Å². The number of benzene rings is 2. The first-order valence-electron chi connectivity index (χ1n) is 10.9. The van der Waals surface area contributed by atoms with Gasteiger partial charge in [0.1, 0.15) is 6.04 Å². The minimum absolute atomic E-state index is 0. The second kappa shape index (κ2) is 13.1. The third-order valence-electron chi connectivity index (χ3n) is 5.43. The van der Waals surface area contributed by atoms with Crippen LogP contribution in [0.2, 0.25) is 0 Å². The van der Waals surface area contributed by atoms with Gasteiger partial charge in [-0.2, -0.15) is 0 Å². The number of rotatable bonds is 10. The number of amides is 1. The van der Waals surface area contributed by atoms with E-state index in [1.807, 2.05) is 69.3 Å². The quantitative estimate of drug-likeness (QED) is 0.434. The van der Waals surface area contributed by atoms with E-state index in [2.05, 4.69) is 20.6 Å². The molecular formula is C24H30KN5O3. The molecule has 0 aliphatic heterocycles. The van der Waals surface area contributed by atoms with E-state index in [9.17, 15) is 14.7 Å². The Balaban J connectivity index is 0.00000385. The Kier molecular flexibility index (Phi) is 10.8. The summed E-state index contributed by atoms with van der Waals surface area (Å²) >= 11 is 0. The zero-order valence-corrected chi connectivity index (χ0v) is 18.7. The van der Waals surface area contributed by atoms with Crippen LogP contribution < -0.4 is 0 Å². The number of carbonyl (C=O) groups is 2. The molecule has 0 saturated heterocycles. The Morgan fingerprint density at radius 3 is 2.27 bits per heavy atom. The van der Waals surface area contributed by atoms with Crippen molar-refractivity contribution in [2.24, 2.45) is 5.92 Å². The standard InChI is InChI=1S/C24H29N5O3.K.H/c1-4-5-10-21(30)29(22(16(2)3)24(31)32)15-17-11-13-18(14-12-17)19-8-6-7-9-20(19)23-25-27-28-26-23;;/h6-9,11-14,16,22H,4-5,10,15H2,1-3H3,(H,31,32)(H,25,26,27,28);;. The third kappa shape index (κ3) is 7.03. The first-order valence-corrected chi connectivity index (χ1v) is 10.9. The molecule has 170 valence electrons. The van der Waals surface area contributed by atoms with Crippen LogP contribution in [0.15, 0.2) is 48.5 Å². The van der Waals surface area contributed by atoms with Crippen molar-refractivity contribution in [2.45, 2.75) is 52.6 Å². The Hall–Kier alpha value is -1.91. The van der Waals surface area contributed by atoms with Gasteiger partial charge in [-0.25, -0.2) is 9.89 Å². The van der Waals surface area contributed by atoms with Crippen molar-refractivity contribution >= 4 is 63.3 Å². The van der Waals surface area contributed by atoms with E-state index in [-0.39, 0.29) is 69.8 Å². The zero-order chi connectivity index (χ0) is 23.1. The SMILES string of the molecule is CCCCC(=O)N(Cc1ccc(-c2ccccc2-c2nnn[nH]2)cc1)C(C(=O)O)C(C)C.[KH]. The van der Waals surface area contributed by atoms with Crippen molar-refractivity contribution in [1.29, 1.82) is 0 Å². The van der Waals surface area contributed by atoms with Gasteiger partial charge in [0, 0.05) is 18.5 Å². The van der Waals surface area contributed by atoms with Gasteiger partial charge < -0.3 is 10.0 Å². The Bertz CT molecular complexity index is 1040. The summed E-state index contributed by atoms with van der Waals surface area (Å²) in [5.41, 5.74) is 3.71. The van der Waals surface area contributed by atoms with E-state index in [1.165, 1.54) is 4.90 Å². The molecule has 8 nitrogen and oxygen atoms in total. The molecule has 0 saturated carbocycles. The molecule has 2 N–H and O–H groups in total. The van der Waals surface area contributed by atoms with Crippen LogP contribution >= 0.6 is 0 Å². The molecule has 0 aliphatic carbocycles. The average molecular weight is 476 g/mol. The maximum atomic E-state index is 12.9. The number of aliphatic carboxylic acids is 1. The van der Waals surface area contributed by atoms with E-state index in [0.717, 1.165) is 35.1 Å². The second-order valence-electron chi connectivity index (χ2n) is 8.14. The van der Waals surface area contributed by atoms with Crippen LogP contribution in [-0.2, 0) is 16.1 Å². The zero-order valence-electron chi connectivity index (χ0n) is 18.7. The molecule has 1 atom stereocenters. The van der Waals surface area contributed by atoms with Gasteiger partial charge in [0.05, 0.1) is 0 Å². The van der Waals surface area contributed by atoms with Crippen LogP contribution in [0.25, 0.3) is 22.5 Å². The van der Waals surface area contributed by atoms with Crippen molar-refractivity contribution < 1.29 is 14.7 Å². The summed E-state index contributed by atoms with van der Waals surface area (Å²) in [6.07, 6.45) is 1.98. The molecule has 1 unspecified atom stereocenters. The molecule has 0 bridgehead atoms. The summed E-state index contributed by atoms with van der Waals surface area (Å²) in [5.74, 6) is -0.713. The monoisotopic (exact) mass is 475 g/mol. The van der Waals surface area contributed by atoms with Crippen LogP contribution in [0, 0.1) is 5.92 Å². The van der Waals surface area contributed by atoms with Crippen LogP contribution in [0.5, 0.6) is 0 Å². The molecule has 1 heterocycles. The van der Waals surface area contributed by atoms with Crippen molar-refractivity contribution in [1.82, 2.24) is 25.5 Å². The predicted octanol–water partition coefficient (Wildman–Crippen LogP) is 3.51. The first-order chi connectivity index (χ1) is 15.4. The number of carboxylic acids is 1. The number of hydrogen-bond donors (Lipinski definition) is 2. The molecule has 1 amide bonds. The molecule has 0 aliphatic rings. The number of unbranched alkanes of at least 4 members (excludes halogenated alkanes) is 1. The minimum atomic E-state index is -0.976. The number of aromatic nitrogens is 4. The fraction of sp³-hybridized carbons (Fsp3) is 0.375. The molecular weight excluding hydrogens is 445 g/mol. The van der Waals surface area contributed by atoms with Gasteiger partial charge in [0.2, 0.25) is 5.91 Å². The average Bonchev–Trinajstić information content (AvgIpc) is 3.32. The Labute approximate surface area is 236 Å². The van der Waals surface area contributed by atoms with Gasteiger partial charge in [0.15, 0.2) is 5.82 Å². The van der Waals surface area contributed by atoms with Crippen molar-refractivity contribution in [2.75, 3.05) is 0 Å². The molecule has 3 rings (SSSR count). The van der Waals surface area contributed by atoms with E-state index in [4.69, 9.17) is 0 Å². The van der Waals surface area contributed by atoms with E-state index in [0.29, 0.717) is 12.2 Å². The van der Waals surface area contributed by atoms with Crippen molar-refractivity contribution in [3.8, 4) is 22.5 Å². The topological polar surface area (TPSA) is 112 Å². The number of tetrazole rings is 1. The summed E-state index contributed by atoms with van der Waals surface area (Å²) in [5, 5.41) is 23.9. The summed E-state index contributed by atoms with van der Waals surface area (Å²) < 4.78 is 0. The number of aromatic amines is 1. The van der Waals surface area contributed by atoms with Crippen molar-refractivity contribution in [3.05, 3.63) is 54.1 Å². The third-order valence-corrected chi connectivity index (χ3v) is 5.43. The summed E-state index contributed by atoms with van der Waals surface area (Å²) in [6, 6.07) is 14.8. The van der Waals surface area contributed by atoms with Gasteiger partial charge in [-0.15, -0.1) is 5.10 Å². The van der Waals surface area contributed by atoms with Gasteiger partial charge in [-0.3, -0.25) is 4.79 Å². The van der Waals surface area contributed by atoms with Gasteiger partial charge in [-0.05, 0) is 39.5 Å². The summed E-state index contributed by atoms with van der Waals surface area (Å²) in [4.78, 5) is 26.3. The second-order valence-corrected chi connectivity index (χ2v) is 8.14. The van der Waals surface area contributed by atoms with Crippen LogP contribution in [-0.4, -0.2) is 99.9 Å². The molecule has 9 heteroatoms.